The summed E-state index contributed by atoms with van der Waals surface area (Å²) in [6.45, 7) is 2.34. The van der Waals surface area contributed by atoms with Gasteiger partial charge in [0.15, 0.2) is 0 Å². The number of nitrogens with zero attached hydrogens (tertiary/aromatic N) is 1. The Hall–Kier alpha value is -3.51. The van der Waals surface area contributed by atoms with Crippen LogP contribution in [0.4, 0.5) is 0 Å². The number of sulfonamides is 1. The van der Waals surface area contributed by atoms with Gasteiger partial charge in [-0.25, -0.2) is 18.6 Å². The lowest BCUT2D eigenvalue weighted by atomic mass is 10.1. The fourth-order valence-corrected chi connectivity index (χ4v) is 4.64. The summed E-state index contributed by atoms with van der Waals surface area (Å²) in [5.41, 5.74) is 8.57. The molecule has 2 aromatic carbocycles. The van der Waals surface area contributed by atoms with E-state index < -0.39 is 28.1 Å². The molecule has 1 aromatic heterocycles. The van der Waals surface area contributed by atoms with Crippen LogP contribution in [-0.4, -0.2) is 42.9 Å². The molecule has 1 amide bonds. The van der Waals surface area contributed by atoms with E-state index in [1.165, 1.54) is 5.48 Å². The highest BCUT2D eigenvalue weighted by Gasteiger charge is 2.30. The van der Waals surface area contributed by atoms with E-state index in [4.69, 9.17) is 14.8 Å². The number of hydrogen-bond acceptors (Lipinski definition) is 8. The molecule has 0 spiro atoms. The monoisotopic (exact) mass is 498 g/mol. The molecule has 0 bridgehead atoms. The number of benzene rings is 2. The first-order valence-corrected chi connectivity index (χ1v) is 12.7. The maximum atomic E-state index is 11.7. The number of carbonyl (C=O) groups is 1. The van der Waals surface area contributed by atoms with E-state index in [1.54, 1.807) is 6.08 Å². The second-order valence-electron chi connectivity index (χ2n) is 8.25. The highest BCUT2D eigenvalue weighted by atomic mass is 32.2. The smallest absolute Gasteiger partial charge is 0.245 e. The molecule has 10 nitrogen and oxygen atoms in total. The summed E-state index contributed by atoms with van der Waals surface area (Å²) in [6.07, 6.45) is 1.58. The Kier molecular flexibility index (Phi) is 7.31. The quantitative estimate of drug-likeness (QED) is 0.260. The van der Waals surface area contributed by atoms with Crippen LogP contribution in [0.3, 0.4) is 0 Å². The summed E-state index contributed by atoms with van der Waals surface area (Å²) in [6, 6.07) is 16.4. The number of fused-ring (bicyclic) bond motifs is 1. The van der Waals surface area contributed by atoms with E-state index in [2.05, 4.69) is 15.2 Å². The number of hydrogen-bond donors (Lipinski definition) is 4. The van der Waals surface area contributed by atoms with Gasteiger partial charge in [0.25, 0.3) is 0 Å². The number of pyridine rings is 1. The van der Waals surface area contributed by atoms with Gasteiger partial charge in [0.2, 0.25) is 15.9 Å². The molecule has 184 valence electrons. The molecule has 1 aliphatic rings. The number of rotatable bonds is 9. The van der Waals surface area contributed by atoms with E-state index in [1.807, 2.05) is 61.5 Å². The maximum Gasteiger partial charge on any atom is 0.245 e. The van der Waals surface area contributed by atoms with Crippen molar-refractivity contribution in [2.75, 3.05) is 6.26 Å². The largest absolute Gasteiger partial charge is 0.489 e. The molecular weight excluding hydrogens is 472 g/mol. The molecule has 11 heteroatoms. The minimum absolute atomic E-state index is 0.310. The molecule has 4 rings (SSSR count). The van der Waals surface area contributed by atoms with Crippen LogP contribution in [0.15, 0.2) is 60.7 Å². The second-order valence-corrected chi connectivity index (χ2v) is 10.0. The summed E-state index contributed by atoms with van der Waals surface area (Å²) in [4.78, 5) is 21.6. The molecule has 0 aliphatic carbocycles. The van der Waals surface area contributed by atoms with Gasteiger partial charge in [0, 0.05) is 23.1 Å². The Morgan fingerprint density at radius 2 is 1.97 bits per heavy atom. The van der Waals surface area contributed by atoms with Crippen molar-refractivity contribution in [1.29, 1.82) is 0 Å². The van der Waals surface area contributed by atoms with Crippen molar-refractivity contribution in [3.05, 3.63) is 77.5 Å². The van der Waals surface area contributed by atoms with Crippen molar-refractivity contribution in [3.8, 4) is 5.75 Å². The maximum absolute atomic E-state index is 11.7. The van der Waals surface area contributed by atoms with Crippen molar-refractivity contribution < 1.29 is 28.0 Å². The number of nitrogens with one attached hydrogen (secondary N) is 3. The third-order valence-corrected chi connectivity index (χ3v) is 6.15. The highest BCUT2D eigenvalue weighted by molar-refractivity contribution is 7.88. The van der Waals surface area contributed by atoms with Crippen molar-refractivity contribution in [2.45, 2.75) is 32.1 Å². The molecule has 1 aliphatic heterocycles. The predicted molar refractivity (Wildman–Crippen MR) is 130 cm³/mol. The molecule has 2 atom stereocenters. The van der Waals surface area contributed by atoms with E-state index >= 15 is 0 Å². The van der Waals surface area contributed by atoms with Gasteiger partial charge in [0.05, 0.1) is 23.5 Å². The minimum Gasteiger partial charge on any atom is -0.489 e. The Morgan fingerprint density at radius 1 is 1.23 bits per heavy atom. The van der Waals surface area contributed by atoms with Crippen molar-refractivity contribution in [3.63, 3.8) is 0 Å². The van der Waals surface area contributed by atoms with Crippen LogP contribution in [0, 0.1) is 6.92 Å². The van der Waals surface area contributed by atoms with Gasteiger partial charge in [-0.15, -0.1) is 0 Å². The van der Waals surface area contributed by atoms with Crippen LogP contribution in [0.1, 0.15) is 23.2 Å². The lowest BCUT2D eigenvalue weighted by molar-refractivity contribution is -0.130. The van der Waals surface area contributed by atoms with Crippen LogP contribution in [-0.2, 0) is 26.3 Å². The fraction of sp³-hybridized carbons (Fsp3) is 0.250. The van der Waals surface area contributed by atoms with Crippen molar-refractivity contribution in [1.82, 2.24) is 20.7 Å². The number of hydroxylamine groups is 2. The SMILES string of the molecule is Cc1cc(COc2ccc(C3=CC(C(CC(=O)NO)NS(C)(=O)=O)ON3)cc2)c2ccccc2n1. The first-order valence-electron chi connectivity index (χ1n) is 10.8. The third-order valence-electron chi connectivity index (χ3n) is 5.42. The zero-order valence-electron chi connectivity index (χ0n) is 19.2. The summed E-state index contributed by atoms with van der Waals surface area (Å²) < 4.78 is 31.7. The van der Waals surface area contributed by atoms with Gasteiger partial charge in [0.1, 0.15) is 18.5 Å². The molecule has 0 saturated heterocycles. The molecule has 0 radical (unpaired) electrons. The van der Waals surface area contributed by atoms with Crippen LogP contribution >= 0.6 is 0 Å². The number of carbonyl (C=O) groups excluding carboxylic acids is 1. The lowest BCUT2D eigenvalue weighted by Gasteiger charge is -2.20. The molecule has 2 unspecified atom stereocenters. The molecule has 2 heterocycles. The first kappa shape index (κ1) is 24.6. The van der Waals surface area contributed by atoms with Gasteiger partial charge in [-0.2, -0.15) is 0 Å². The van der Waals surface area contributed by atoms with Gasteiger partial charge in [-0.05, 0) is 55.0 Å². The Balaban J connectivity index is 1.45. The molecule has 35 heavy (non-hydrogen) atoms. The average molecular weight is 499 g/mol. The zero-order valence-corrected chi connectivity index (χ0v) is 20.0. The molecule has 0 saturated carbocycles. The number of para-hydroxylation sites is 1. The Labute approximate surface area is 202 Å². The average Bonchev–Trinajstić information content (AvgIpc) is 3.32. The van der Waals surface area contributed by atoms with Gasteiger partial charge in [-0.1, -0.05) is 18.2 Å². The number of aryl methyl sites for hydroxylation is 1. The topological polar surface area (TPSA) is 139 Å². The fourth-order valence-electron chi connectivity index (χ4n) is 3.87. The number of ether oxygens (including phenoxy) is 1. The normalized spacial score (nSPS) is 16.4. The summed E-state index contributed by atoms with van der Waals surface area (Å²) in [5, 5.41) is 9.85. The van der Waals surface area contributed by atoms with E-state index in [9.17, 15) is 13.2 Å². The van der Waals surface area contributed by atoms with Crippen LogP contribution in [0.2, 0.25) is 0 Å². The first-order chi connectivity index (χ1) is 16.7. The van der Waals surface area contributed by atoms with Gasteiger partial charge < -0.3 is 4.74 Å². The van der Waals surface area contributed by atoms with Gasteiger partial charge in [-0.3, -0.25) is 25.3 Å². The minimum atomic E-state index is -3.62. The van der Waals surface area contributed by atoms with E-state index in [-0.39, 0.29) is 6.42 Å². The molecular formula is C24H26N4O6S. The van der Waals surface area contributed by atoms with Crippen LogP contribution in [0.5, 0.6) is 5.75 Å². The Morgan fingerprint density at radius 3 is 2.69 bits per heavy atom. The van der Waals surface area contributed by atoms with Crippen LogP contribution in [0.25, 0.3) is 16.6 Å². The van der Waals surface area contributed by atoms with Crippen molar-refractivity contribution in [2.24, 2.45) is 0 Å². The summed E-state index contributed by atoms with van der Waals surface area (Å²) in [5.74, 6) is -0.0603. The summed E-state index contributed by atoms with van der Waals surface area (Å²) in [7, 11) is -3.62. The van der Waals surface area contributed by atoms with Gasteiger partial charge >= 0.3 is 0 Å². The van der Waals surface area contributed by atoms with Crippen LogP contribution < -0.4 is 20.4 Å². The predicted octanol–water partition coefficient (Wildman–Crippen LogP) is 2.18. The highest BCUT2D eigenvalue weighted by Crippen LogP contribution is 2.25. The molecule has 3 aromatic rings. The zero-order chi connectivity index (χ0) is 25.0. The molecule has 0 fully saturated rings. The number of aromatic nitrogens is 1. The van der Waals surface area contributed by atoms with E-state index in [0.29, 0.717) is 18.1 Å². The number of amides is 1. The van der Waals surface area contributed by atoms with Crippen molar-refractivity contribution >= 4 is 32.5 Å². The lowest BCUT2D eigenvalue weighted by Crippen LogP contribution is -2.45. The standard InChI is InChI=1S/C24H26N4O6S/c1-15-11-17(19-5-3-4-6-20(19)25-15)14-33-18-9-7-16(8-10-18)21-12-23(34-27-21)22(13-24(29)26-30)28-35(2,31)32/h3-12,22-23,27-28,30H,13-14H2,1-2H3,(H,26,29). The second kappa shape index (κ2) is 10.4. The molecule has 4 N–H and O–H groups in total. The van der Waals surface area contributed by atoms with E-state index in [0.717, 1.165) is 34.0 Å². The Bertz CT molecular complexity index is 1360. The third kappa shape index (κ3) is 6.34. The summed E-state index contributed by atoms with van der Waals surface area (Å²) >= 11 is 0.